The first-order valence-electron chi connectivity index (χ1n) is 0. The third-order valence-electron chi connectivity index (χ3n) is 0. The van der Waals surface area contributed by atoms with Crippen molar-refractivity contribution in [1.82, 2.24) is 0 Å². The van der Waals surface area contributed by atoms with Gasteiger partial charge < -0.3 is 2.85 Å². The molecule has 0 radical (unpaired) electrons. The van der Waals surface area contributed by atoms with Crippen LogP contribution in [0.1, 0.15) is 2.85 Å². The van der Waals surface area contributed by atoms with Crippen LogP contribution in [0.15, 0.2) is 0 Å². The van der Waals surface area contributed by atoms with Gasteiger partial charge in [-0.3, -0.25) is 0 Å². The molecule has 5 heteroatoms. The second kappa shape index (κ2) is 26.1. The van der Waals surface area contributed by atoms with Gasteiger partial charge in [0.1, 0.15) is 0 Å². The first-order chi connectivity index (χ1) is 0. The van der Waals surface area contributed by atoms with Crippen LogP contribution in [-0.4, -0.2) is 0 Å². The Bertz CT molecular complexity index is 10.9. The van der Waals surface area contributed by atoms with Crippen molar-refractivity contribution in [3.63, 3.8) is 0 Å². The number of halogens is 3. The maximum Gasteiger partial charge on any atom is 1.00 e. The molecule has 0 aromatic carbocycles. The largest absolute Gasteiger partial charge is 1.00 e. The summed E-state index contributed by atoms with van der Waals surface area (Å²) in [7, 11) is 0. The van der Waals surface area contributed by atoms with Crippen molar-refractivity contribution in [2.24, 2.45) is 0 Å². The summed E-state index contributed by atoms with van der Waals surface area (Å²) in [6, 6.07) is 0. The first kappa shape index (κ1) is 39.5. The van der Waals surface area contributed by atoms with Gasteiger partial charge in [0, 0.05) is 0 Å². The van der Waals surface area contributed by atoms with Crippen LogP contribution in [0.3, 0.4) is 0 Å². The summed E-state index contributed by atoms with van der Waals surface area (Å²) >= 11 is 0. The van der Waals surface area contributed by atoms with Crippen molar-refractivity contribution >= 4 is 50.9 Å². The van der Waals surface area contributed by atoms with E-state index in [2.05, 4.69) is 0 Å². The fraction of sp³-hybridized carbons (Fsp3) is 0. The van der Waals surface area contributed by atoms with Gasteiger partial charge in [0.15, 0.2) is 0 Å². The standard InChI is InChI=1S/3BrH.2Na.2H/h3*1H;;;;/q;;;2*+1;2*-1. The Balaban J connectivity index is 0. The molecule has 0 bridgehead atoms. The average Bonchev–Trinajstić information content (AvgIpc) is 0. The first-order valence-corrected chi connectivity index (χ1v) is 0. The van der Waals surface area contributed by atoms with E-state index in [-0.39, 0.29) is 113 Å². The second-order valence-corrected chi connectivity index (χ2v) is 0. The number of rotatable bonds is 0. The van der Waals surface area contributed by atoms with Crippen molar-refractivity contribution in [3.05, 3.63) is 0 Å². The molecule has 0 amide bonds. The van der Waals surface area contributed by atoms with E-state index in [1.807, 2.05) is 0 Å². The molecule has 0 aromatic rings. The molecular weight excluding hydrogens is 286 g/mol. The van der Waals surface area contributed by atoms with Crippen molar-refractivity contribution in [2.45, 2.75) is 0 Å². The molecule has 0 rings (SSSR count). The van der Waals surface area contributed by atoms with E-state index in [4.69, 9.17) is 0 Å². The molecule has 0 aromatic heterocycles. The molecule has 0 atom stereocenters. The Hall–Kier alpha value is 3.44. The second-order valence-electron chi connectivity index (χ2n) is 0. The zero-order chi connectivity index (χ0) is 0. The molecule has 0 unspecified atom stereocenters. The topological polar surface area (TPSA) is 0 Å². The Morgan fingerprint density at radius 3 is 0.600 bits per heavy atom. The maximum atomic E-state index is 0. The molecule has 0 saturated heterocycles. The summed E-state index contributed by atoms with van der Waals surface area (Å²) in [5.74, 6) is 0. The van der Waals surface area contributed by atoms with Gasteiger partial charge in [0.25, 0.3) is 0 Å². The van der Waals surface area contributed by atoms with E-state index in [1.165, 1.54) is 0 Å². The summed E-state index contributed by atoms with van der Waals surface area (Å²) in [5, 5.41) is 0. The van der Waals surface area contributed by atoms with Crippen LogP contribution in [0.4, 0.5) is 0 Å². The summed E-state index contributed by atoms with van der Waals surface area (Å²) in [6.45, 7) is 0. The molecule has 0 saturated carbocycles. The summed E-state index contributed by atoms with van der Waals surface area (Å²) < 4.78 is 0. The van der Waals surface area contributed by atoms with Gasteiger partial charge >= 0.3 is 59.1 Å². The number of hydrogen-bond acceptors (Lipinski definition) is 0. The van der Waals surface area contributed by atoms with Gasteiger partial charge in [-0.2, -0.15) is 0 Å². The molecule has 0 N–H and O–H groups in total. The summed E-state index contributed by atoms with van der Waals surface area (Å²) in [6.07, 6.45) is 0. The average molecular weight is 291 g/mol. The molecular formula is H5Br3Na2. The van der Waals surface area contributed by atoms with Gasteiger partial charge in [-0.15, -0.1) is 50.9 Å². The van der Waals surface area contributed by atoms with Crippen LogP contribution < -0.4 is 59.1 Å². The van der Waals surface area contributed by atoms with Gasteiger partial charge in [-0.1, -0.05) is 0 Å². The fourth-order valence-corrected chi connectivity index (χ4v) is 0. The molecule has 0 aliphatic carbocycles. The molecule has 0 nitrogen and oxygen atoms in total. The van der Waals surface area contributed by atoms with E-state index < -0.39 is 0 Å². The Kier molecular flexibility index (Phi) is 206. The van der Waals surface area contributed by atoms with Crippen LogP contribution in [0.2, 0.25) is 0 Å². The Morgan fingerprint density at radius 1 is 0.600 bits per heavy atom. The van der Waals surface area contributed by atoms with Crippen molar-refractivity contribution in [3.8, 4) is 0 Å². The van der Waals surface area contributed by atoms with Gasteiger partial charge in [0.2, 0.25) is 0 Å². The van der Waals surface area contributed by atoms with Crippen molar-refractivity contribution < 1.29 is 62.0 Å². The Labute approximate surface area is 111 Å². The summed E-state index contributed by atoms with van der Waals surface area (Å²) in [5.41, 5.74) is 0. The van der Waals surface area contributed by atoms with Crippen molar-refractivity contribution in [2.75, 3.05) is 0 Å². The van der Waals surface area contributed by atoms with Gasteiger partial charge in [-0.25, -0.2) is 0 Å². The molecule has 0 aliphatic heterocycles. The Morgan fingerprint density at radius 2 is 0.600 bits per heavy atom. The van der Waals surface area contributed by atoms with Crippen molar-refractivity contribution in [1.29, 1.82) is 0 Å². The number of hydrogen-bond donors (Lipinski definition) is 0. The molecule has 0 spiro atoms. The molecule has 0 fully saturated rings. The molecule has 0 heterocycles. The van der Waals surface area contributed by atoms with Crippen LogP contribution in [-0.2, 0) is 0 Å². The molecule has 28 valence electrons. The zero-order valence-electron chi connectivity index (χ0n) is 5.22. The van der Waals surface area contributed by atoms with Gasteiger partial charge in [-0.05, 0) is 0 Å². The predicted molar refractivity (Wildman–Crippen MR) is 33.2 cm³/mol. The third-order valence-corrected chi connectivity index (χ3v) is 0. The van der Waals surface area contributed by atoms with E-state index in [1.54, 1.807) is 0 Å². The normalized spacial score (nSPS) is 0. The minimum absolute atomic E-state index is 0. The monoisotopic (exact) mass is 288 g/mol. The smallest absolute Gasteiger partial charge is 1.00 e. The van der Waals surface area contributed by atoms with Crippen LogP contribution in [0.25, 0.3) is 0 Å². The zero-order valence-corrected chi connectivity index (χ0v) is 12.4. The van der Waals surface area contributed by atoms with E-state index in [9.17, 15) is 0 Å². The maximum absolute atomic E-state index is 0. The third kappa shape index (κ3) is 18.6. The molecule has 5 heavy (non-hydrogen) atoms. The van der Waals surface area contributed by atoms with E-state index in [0.29, 0.717) is 0 Å². The quantitative estimate of drug-likeness (QED) is 0.399. The van der Waals surface area contributed by atoms with Crippen LogP contribution >= 0.6 is 50.9 Å². The predicted octanol–water partition coefficient (Wildman–Crippen LogP) is -4.03. The molecule has 0 aliphatic rings. The van der Waals surface area contributed by atoms with E-state index in [0.717, 1.165) is 0 Å². The van der Waals surface area contributed by atoms with E-state index >= 15 is 0 Å². The fourth-order valence-electron chi connectivity index (χ4n) is 0. The van der Waals surface area contributed by atoms with Crippen LogP contribution in [0.5, 0.6) is 0 Å². The minimum Gasteiger partial charge on any atom is -1.00 e. The summed E-state index contributed by atoms with van der Waals surface area (Å²) in [4.78, 5) is 0. The van der Waals surface area contributed by atoms with Crippen LogP contribution in [0, 0.1) is 0 Å². The SMILES string of the molecule is Br.Br.Br.[H-].[H-].[Na+].[Na+]. The minimum atomic E-state index is 0. The van der Waals surface area contributed by atoms with Gasteiger partial charge in [0.05, 0.1) is 0 Å².